The Hall–Kier alpha value is -1.68. The fraction of sp³-hybridized carbons (Fsp3) is 0.286. The van der Waals surface area contributed by atoms with E-state index < -0.39 is 0 Å². The van der Waals surface area contributed by atoms with E-state index in [2.05, 4.69) is 6.92 Å². The molecule has 0 spiro atoms. The Labute approximate surface area is 110 Å². The number of carbonyl (C=O) groups excluding carboxylic acids is 1. The van der Waals surface area contributed by atoms with Crippen molar-refractivity contribution in [2.24, 2.45) is 0 Å². The number of carbonyl (C=O) groups is 1. The zero-order chi connectivity index (χ0) is 13.1. The largest absolute Gasteiger partial charge is 0.307 e. The SMILES string of the molecule is CCc1ccc(C(=O)Cn2cccc(C)c2=O)s1. The fourth-order valence-electron chi connectivity index (χ4n) is 1.73. The smallest absolute Gasteiger partial charge is 0.253 e. The Bertz CT molecular complexity index is 625. The number of thiophene rings is 1. The molecule has 94 valence electrons. The predicted octanol–water partition coefficient (Wildman–Crippen LogP) is 2.66. The topological polar surface area (TPSA) is 39.1 Å². The summed E-state index contributed by atoms with van der Waals surface area (Å²) in [6.45, 7) is 3.93. The van der Waals surface area contributed by atoms with Gasteiger partial charge in [-0.1, -0.05) is 13.0 Å². The Morgan fingerprint density at radius 1 is 1.33 bits per heavy atom. The highest BCUT2D eigenvalue weighted by molar-refractivity contribution is 7.14. The van der Waals surface area contributed by atoms with Gasteiger partial charge in [0.05, 0.1) is 11.4 Å². The third-order valence-corrected chi connectivity index (χ3v) is 4.08. The molecule has 18 heavy (non-hydrogen) atoms. The first-order valence-corrected chi connectivity index (χ1v) is 6.71. The lowest BCUT2D eigenvalue weighted by Crippen LogP contribution is -2.24. The molecule has 2 heterocycles. The number of ketones is 1. The summed E-state index contributed by atoms with van der Waals surface area (Å²) in [4.78, 5) is 25.8. The second-order valence-corrected chi connectivity index (χ2v) is 5.34. The molecule has 0 bridgehead atoms. The first kappa shape index (κ1) is 12.8. The highest BCUT2D eigenvalue weighted by Crippen LogP contribution is 2.17. The third-order valence-electron chi connectivity index (χ3n) is 2.81. The van der Waals surface area contributed by atoms with Crippen molar-refractivity contribution in [3.8, 4) is 0 Å². The lowest BCUT2D eigenvalue weighted by Gasteiger charge is -2.04. The van der Waals surface area contributed by atoms with Crippen molar-refractivity contribution < 1.29 is 4.79 Å². The van der Waals surface area contributed by atoms with E-state index in [0.29, 0.717) is 5.56 Å². The van der Waals surface area contributed by atoms with E-state index in [1.807, 2.05) is 12.1 Å². The molecule has 0 saturated heterocycles. The van der Waals surface area contributed by atoms with E-state index in [1.165, 1.54) is 20.8 Å². The summed E-state index contributed by atoms with van der Waals surface area (Å²) in [7, 11) is 0. The van der Waals surface area contributed by atoms with Gasteiger partial charge in [0.2, 0.25) is 0 Å². The summed E-state index contributed by atoms with van der Waals surface area (Å²) < 4.78 is 1.46. The first-order chi connectivity index (χ1) is 8.61. The van der Waals surface area contributed by atoms with Gasteiger partial charge in [-0.05, 0) is 31.5 Å². The van der Waals surface area contributed by atoms with Crippen molar-refractivity contribution >= 4 is 17.1 Å². The molecule has 0 radical (unpaired) electrons. The second-order valence-electron chi connectivity index (χ2n) is 4.17. The minimum absolute atomic E-state index is 0.00704. The van der Waals surface area contributed by atoms with Crippen LogP contribution in [0.25, 0.3) is 0 Å². The summed E-state index contributed by atoms with van der Waals surface area (Å²) in [5.74, 6) is -0.00704. The Morgan fingerprint density at radius 2 is 2.11 bits per heavy atom. The predicted molar refractivity (Wildman–Crippen MR) is 73.5 cm³/mol. The van der Waals surface area contributed by atoms with Gasteiger partial charge in [-0.15, -0.1) is 11.3 Å². The molecule has 2 rings (SSSR count). The van der Waals surface area contributed by atoms with Gasteiger partial charge < -0.3 is 4.57 Å². The monoisotopic (exact) mass is 261 g/mol. The van der Waals surface area contributed by atoms with Gasteiger partial charge in [0, 0.05) is 16.6 Å². The molecule has 4 heteroatoms. The van der Waals surface area contributed by atoms with Crippen molar-refractivity contribution in [2.45, 2.75) is 26.8 Å². The molecule has 0 fully saturated rings. The van der Waals surface area contributed by atoms with Crippen LogP contribution in [-0.4, -0.2) is 10.4 Å². The van der Waals surface area contributed by atoms with Crippen molar-refractivity contribution in [2.75, 3.05) is 0 Å². The van der Waals surface area contributed by atoms with Gasteiger partial charge in [0.25, 0.3) is 5.56 Å². The van der Waals surface area contributed by atoms with Crippen LogP contribution < -0.4 is 5.56 Å². The average Bonchev–Trinajstić information content (AvgIpc) is 2.83. The van der Waals surface area contributed by atoms with Crippen LogP contribution >= 0.6 is 11.3 Å². The van der Waals surface area contributed by atoms with E-state index in [0.717, 1.165) is 11.3 Å². The average molecular weight is 261 g/mol. The maximum atomic E-state index is 12.1. The molecule has 0 saturated carbocycles. The summed E-state index contributed by atoms with van der Waals surface area (Å²) in [5, 5.41) is 0. The zero-order valence-electron chi connectivity index (χ0n) is 10.5. The normalized spacial score (nSPS) is 10.6. The molecule has 0 unspecified atom stereocenters. The summed E-state index contributed by atoms with van der Waals surface area (Å²) in [6, 6.07) is 7.35. The zero-order valence-corrected chi connectivity index (χ0v) is 11.3. The van der Waals surface area contributed by atoms with Crippen LogP contribution in [0, 0.1) is 6.92 Å². The van der Waals surface area contributed by atoms with E-state index in [-0.39, 0.29) is 17.9 Å². The van der Waals surface area contributed by atoms with Crippen LogP contribution in [-0.2, 0) is 13.0 Å². The van der Waals surface area contributed by atoms with Crippen LogP contribution in [0.2, 0.25) is 0 Å². The lowest BCUT2D eigenvalue weighted by molar-refractivity contribution is 0.0975. The van der Waals surface area contributed by atoms with Crippen molar-refractivity contribution in [3.63, 3.8) is 0 Å². The molecule has 2 aromatic heterocycles. The van der Waals surface area contributed by atoms with Crippen molar-refractivity contribution in [1.82, 2.24) is 4.57 Å². The quantitative estimate of drug-likeness (QED) is 0.794. The number of aryl methyl sites for hydroxylation is 2. The molecular weight excluding hydrogens is 246 g/mol. The van der Waals surface area contributed by atoms with Crippen LogP contribution in [0.15, 0.2) is 35.3 Å². The van der Waals surface area contributed by atoms with Gasteiger partial charge in [0.1, 0.15) is 0 Å². The second kappa shape index (κ2) is 5.31. The van der Waals surface area contributed by atoms with Crippen LogP contribution in [0.4, 0.5) is 0 Å². The Kier molecular flexibility index (Phi) is 3.77. The van der Waals surface area contributed by atoms with E-state index in [4.69, 9.17) is 0 Å². The number of hydrogen-bond donors (Lipinski definition) is 0. The fourth-order valence-corrected chi connectivity index (χ4v) is 2.61. The number of aromatic nitrogens is 1. The summed E-state index contributed by atoms with van der Waals surface area (Å²) >= 11 is 1.51. The van der Waals surface area contributed by atoms with Gasteiger partial charge in [0.15, 0.2) is 5.78 Å². The minimum atomic E-state index is -0.0990. The van der Waals surface area contributed by atoms with Gasteiger partial charge >= 0.3 is 0 Å². The highest BCUT2D eigenvalue weighted by atomic mass is 32.1. The molecule has 0 aliphatic rings. The molecule has 3 nitrogen and oxygen atoms in total. The lowest BCUT2D eigenvalue weighted by atomic mass is 10.2. The number of rotatable bonds is 4. The molecule has 2 aromatic rings. The molecule has 0 aliphatic carbocycles. The maximum absolute atomic E-state index is 12.1. The summed E-state index contributed by atoms with van der Waals surface area (Å²) in [5.41, 5.74) is 0.559. The molecule has 0 aliphatic heterocycles. The Morgan fingerprint density at radius 3 is 2.78 bits per heavy atom. The molecule has 0 N–H and O–H groups in total. The highest BCUT2D eigenvalue weighted by Gasteiger charge is 2.10. The third kappa shape index (κ3) is 2.59. The summed E-state index contributed by atoms with van der Waals surface area (Å²) in [6.07, 6.45) is 2.59. The Balaban J connectivity index is 2.21. The maximum Gasteiger partial charge on any atom is 0.253 e. The molecule has 0 amide bonds. The van der Waals surface area contributed by atoms with Crippen molar-refractivity contribution in [3.05, 3.63) is 56.1 Å². The molecule has 0 aromatic carbocycles. The van der Waals surface area contributed by atoms with E-state index in [9.17, 15) is 9.59 Å². The van der Waals surface area contributed by atoms with Crippen LogP contribution in [0.1, 0.15) is 27.0 Å². The van der Waals surface area contributed by atoms with Gasteiger partial charge in [-0.3, -0.25) is 9.59 Å². The van der Waals surface area contributed by atoms with E-state index in [1.54, 1.807) is 25.3 Å². The standard InChI is InChI=1S/C14H15NO2S/c1-3-11-6-7-13(18-11)12(16)9-15-8-4-5-10(2)14(15)17/h4-8H,3,9H2,1-2H3. The first-order valence-electron chi connectivity index (χ1n) is 5.89. The van der Waals surface area contributed by atoms with E-state index >= 15 is 0 Å². The van der Waals surface area contributed by atoms with Crippen molar-refractivity contribution in [1.29, 1.82) is 0 Å². The minimum Gasteiger partial charge on any atom is -0.307 e. The van der Waals surface area contributed by atoms with Gasteiger partial charge in [-0.25, -0.2) is 0 Å². The number of nitrogens with zero attached hydrogens (tertiary/aromatic N) is 1. The number of hydrogen-bond acceptors (Lipinski definition) is 3. The molecule has 0 atom stereocenters. The number of Topliss-reactive ketones (excluding diaryl/α,β-unsaturated/α-hetero) is 1. The number of pyridine rings is 1. The van der Waals surface area contributed by atoms with Crippen LogP contribution in [0.5, 0.6) is 0 Å². The van der Waals surface area contributed by atoms with Crippen LogP contribution in [0.3, 0.4) is 0 Å². The molecular formula is C14H15NO2S. The van der Waals surface area contributed by atoms with Gasteiger partial charge in [-0.2, -0.15) is 0 Å².